The van der Waals surface area contributed by atoms with Crippen LogP contribution in [-0.2, 0) is 13.7 Å². The first-order valence-corrected chi connectivity index (χ1v) is 5.44. The van der Waals surface area contributed by atoms with Crippen LogP contribution < -0.4 is 4.74 Å². The van der Waals surface area contributed by atoms with Crippen molar-refractivity contribution >= 4 is 0 Å². The van der Waals surface area contributed by atoms with E-state index in [9.17, 15) is 0 Å². The fourth-order valence-electron chi connectivity index (χ4n) is 1.41. The van der Waals surface area contributed by atoms with Gasteiger partial charge in [-0.05, 0) is 12.1 Å². The third kappa shape index (κ3) is 3.34. The standard InChI is InChI=1S/C13H13N3O2/c1-16-5-4-12(15-16)10-18-13-7-11(3-2-6-17)8-14-9-13/h4-5,7-9,17H,6,10H2,1H3. The van der Waals surface area contributed by atoms with Crippen LogP contribution in [-0.4, -0.2) is 26.5 Å². The van der Waals surface area contributed by atoms with Crippen LogP contribution in [0, 0.1) is 11.8 Å². The molecule has 0 bridgehead atoms. The minimum Gasteiger partial charge on any atom is -0.486 e. The molecule has 5 heteroatoms. The lowest BCUT2D eigenvalue weighted by molar-refractivity contribution is 0.299. The maximum atomic E-state index is 8.62. The van der Waals surface area contributed by atoms with E-state index in [1.807, 2.05) is 19.3 Å². The summed E-state index contributed by atoms with van der Waals surface area (Å²) in [6, 6.07) is 3.67. The SMILES string of the molecule is Cn1ccc(COc2cncc(C#CCO)c2)n1. The Balaban J connectivity index is 2.01. The van der Waals surface area contributed by atoms with E-state index in [2.05, 4.69) is 21.9 Å². The normalized spacial score (nSPS) is 9.67. The summed E-state index contributed by atoms with van der Waals surface area (Å²) in [6.45, 7) is 0.221. The van der Waals surface area contributed by atoms with Crippen molar-refractivity contribution in [2.45, 2.75) is 6.61 Å². The molecule has 18 heavy (non-hydrogen) atoms. The van der Waals surface area contributed by atoms with Crippen LogP contribution >= 0.6 is 0 Å². The quantitative estimate of drug-likeness (QED) is 0.808. The van der Waals surface area contributed by atoms with E-state index < -0.39 is 0 Å². The van der Waals surface area contributed by atoms with E-state index in [-0.39, 0.29) is 6.61 Å². The molecule has 0 aliphatic heterocycles. The van der Waals surface area contributed by atoms with Gasteiger partial charge in [0.05, 0.1) is 11.9 Å². The van der Waals surface area contributed by atoms with Gasteiger partial charge in [0, 0.05) is 25.0 Å². The number of rotatable bonds is 3. The highest BCUT2D eigenvalue weighted by molar-refractivity contribution is 5.36. The van der Waals surface area contributed by atoms with Crippen LogP contribution in [0.1, 0.15) is 11.3 Å². The largest absolute Gasteiger partial charge is 0.486 e. The van der Waals surface area contributed by atoms with E-state index in [0.29, 0.717) is 17.9 Å². The number of nitrogens with zero attached hydrogens (tertiary/aromatic N) is 3. The number of aryl methyl sites for hydroxylation is 1. The number of aliphatic hydroxyl groups excluding tert-OH is 1. The summed E-state index contributed by atoms with van der Waals surface area (Å²) in [5.41, 5.74) is 1.56. The molecule has 2 rings (SSSR count). The highest BCUT2D eigenvalue weighted by Crippen LogP contribution is 2.12. The molecule has 0 radical (unpaired) electrons. The van der Waals surface area contributed by atoms with Crippen LogP contribution in [0.3, 0.4) is 0 Å². The number of aromatic nitrogens is 3. The molecule has 0 atom stereocenters. The lowest BCUT2D eigenvalue weighted by atomic mass is 10.3. The highest BCUT2D eigenvalue weighted by Gasteiger charge is 2.00. The van der Waals surface area contributed by atoms with Gasteiger partial charge in [-0.2, -0.15) is 5.10 Å². The Kier molecular flexibility index (Phi) is 3.94. The molecule has 5 nitrogen and oxygen atoms in total. The number of aliphatic hydroxyl groups is 1. The van der Waals surface area contributed by atoms with Crippen molar-refractivity contribution < 1.29 is 9.84 Å². The molecule has 0 fully saturated rings. The van der Waals surface area contributed by atoms with Crippen molar-refractivity contribution in [3.63, 3.8) is 0 Å². The van der Waals surface area contributed by atoms with E-state index >= 15 is 0 Å². The summed E-state index contributed by atoms with van der Waals surface area (Å²) >= 11 is 0. The zero-order valence-corrected chi connectivity index (χ0v) is 10.00. The molecule has 2 aromatic rings. The van der Waals surface area contributed by atoms with Crippen molar-refractivity contribution in [1.82, 2.24) is 14.8 Å². The lowest BCUT2D eigenvalue weighted by Crippen LogP contribution is -1.98. The van der Waals surface area contributed by atoms with Crippen LogP contribution in [0.2, 0.25) is 0 Å². The molecule has 0 amide bonds. The molecule has 1 N–H and O–H groups in total. The van der Waals surface area contributed by atoms with E-state index in [0.717, 1.165) is 5.69 Å². The van der Waals surface area contributed by atoms with Gasteiger partial charge in [-0.3, -0.25) is 9.67 Å². The summed E-state index contributed by atoms with van der Waals surface area (Å²) in [7, 11) is 1.86. The summed E-state index contributed by atoms with van der Waals surface area (Å²) in [4.78, 5) is 4.02. The first-order chi connectivity index (χ1) is 8.78. The van der Waals surface area contributed by atoms with Gasteiger partial charge in [-0.1, -0.05) is 11.8 Å². The van der Waals surface area contributed by atoms with Crippen LogP contribution in [0.25, 0.3) is 0 Å². The topological polar surface area (TPSA) is 60.2 Å². The summed E-state index contributed by atoms with van der Waals surface area (Å²) < 4.78 is 7.28. The van der Waals surface area contributed by atoms with Crippen LogP contribution in [0.15, 0.2) is 30.7 Å². The molecule has 2 heterocycles. The highest BCUT2D eigenvalue weighted by atomic mass is 16.5. The van der Waals surface area contributed by atoms with E-state index in [1.54, 1.807) is 23.1 Å². The summed E-state index contributed by atoms with van der Waals surface area (Å²) in [5.74, 6) is 5.97. The van der Waals surface area contributed by atoms with Crippen molar-refractivity contribution in [1.29, 1.82) is 0 Å². The Bertz CT molecular complexity index is 581. The molecule has 0 aliphatic carbocycles. The number of ether oxygens (including phenoxy) is 1. The Morgan fingerprint density at radius 1 is 1.44 bits per heavy atom. The number of hydrogen-bond acceptors (Lipinski definition) is 4. The Hall–Kier alpha value is -2.32. The van der Waals surface area contributed by atoms with Gasteiger partial charge >= 0.3 is 0 Å². The minimum atomic E-state index is -0.168. The fraction of sp³-hybridized carbons (Fsp3) is 0.231. The molecule has 0 spiro atoms. The average molecular weight is 243 g/mol. The summed E-state index contributed by atoms with van der Waals surface area (Å²) in [6.07, 6.45) is 5.10. The Morgan fingerprint density at radius 3 is 3.06 bits per heavy atom. The molecule has 92 valence electrons. The Labute approximate surface area is 105 Å². The third-order valence-corrected chi connectivity index (χ3v) is 2.18. The zero-order chi connectivity index (χ0) is 12.8. The van der Waals surface area contributed by atoms with Crippen molar-refractivity contribution in [3.8, 4) is 17.6 Å². The van der Waals surface area contributed by atoms with Gasteiger partial charge in [0.15, 0.2) is 0 Å². The zero-order valence-electron chi connectivity index (χ0n) is 10.00. The van der Waals surface area contributed by atoms with Gasteiger partial charge in [0.1, 0.15) is 19.0 Å². The van der Waals surface area contributed by atoms with Crippen LogP contribution in [0.5, 0.6) is 5.75 Å². The first-order valence-electron chi connectivity index (χ1n) is 5.44. The maximum Gasteiger partial charge on any atom is 0.139 e. The van der Waals surface area contributed by atoms with Gasteiger partial charge in [-0.15, -0.1) is 0 Å². The van der Waals surface area contributed by atoms with Gasteiger partial charge < -0.3 is 9.84 Å². The predicted octanol–water partition coefficient (Wildman–Crippen LogP) is 0.738. The molecule has 0 saturated carbocycles. The van der Waals surface area contributed by atoms with Crippen LogP contribution in [0.4, 0.5) is 0 Å². The Morgan fingerprint density at radius 2 is 2.33 bits per heavy atom. The third-order valence-electron chi connectivity index (χ3n) is 2.18. The minimum absolute atomic E-state index is 0.168. The monoisotopic (exact) mass is 243 g/mol. The smallest absolute Gasteiger partial charge is 0.139 e. The van der Waals surface area contributed by atoms with Gasteiger partial charge in [0.2, 0.25) is 0 Å². The fourth-order valence-corrected chi connectivity index (χ4v) is 1.41. The van der Waals surface area contributed by atoms with E-state index in [4.69, 9.17) is 9.84 Å². The van der Waals surface area contributed by atoms with Gasteiger partial charge in [-0.25, -0.2) is 0 Å². The van der Waals surface area contributed by atoms with Crippen molar-refractivity contribution in [2.24, 2.45) is 7.05 Å². The molecule has 0 aliphatic rings. The predicted molar refractivity (Wildman–Crippen MR) is 65.7 cm³/mol. The average Bonchev–Trinajstić information content (AvgIpc) is 2.80. The van der Waals surface area contributed by atoms with Gasteiger partial charge in [0.25, 0.3) is 0 Å². The first kappa shape index (κ1) is 12.1. The summed E-state index contributed by atoms with van der Waals surface area (Å²) in [5, 5.41) is 12.8. The van der Waals surface area contributed by atoms with Crippen molar-refractivity contribution in [3.05, 3.63) is 42.0 Å². The van der Waals surface area contributed by atoms with E-state index in [1.165, 1.54) is 0 Å². The molecule has 0 saturated heterocycles. The molecular formula is C13H13N3O2. The number of pyridine rings is 1. The second-order valence-corrected chi connectivity index (χ2v) is 3.64. The lowest BCUT2D eigenvalue weighted by Gasteiger charge is -2.03. The second-order valence-electron chi connectivity index (χ2n) is 3.64. The molecule has 0 aromatic carbocycles. The number of hydrogen-bond donors (Lipinski definition) is 1. The maximum absolute atomic E-state index is 8.62. The molecule has 2 aromatic heterocycles. The van der Waals surface area contributed by atoms with Crippen molar-refractivity contribution in [2.75, 3.05) is 6.61 Å². The second kappa shape index (κ2) is 5.84. The molecular weight excluding hydrogens is 230 g/mol. The molecule has 0 unspecified atom stereocenters.